The van der Waals surface area contributed by atoms with Crippen LogP contribution in [-0.2, 0) is 9.53 Å². The fourth-order valence-corrected chi connectivity index (χ4v) is 4.23. The number of carbonyl (C=O) groups is 1. The van der Waals surface area contributed by atoms with Gasteiger partial charge in [0.25, 0.3) is 5.69 Å². The molecule has 6 nitrogen and oxygen atoms in total. The summed E-state index contributed by atoms with van der Waals surface area (Å²) >= 11 is 0. The fraction of sp³-hybridized carbons (Fsp3) is 0.682. The molecule has 4 atom stereocenters. The van der Waals surface area contributed by atoms with Crippen LogP contribution in [0.5, 0.6) is 5.75 Å². The number of nitro benzene ring substituents is 1. The van der Waals surface area contributed by atoms with Crippen molar-refractivity contribution >= 4 is 11.7 Å². The second-order valence-corrected chi connectivity index (χ2v) is 9.51. The van der Waals surface area contributed by atoms with Crippen molar-refractivity contribution in [1.82, 2.24) is 0 Å². The highest BCUT2D eigenvalue weighted by molar-refractivity contribution is 5.73. The van der Waals surface area contributed by atoms with E-state index in [0.29, 0.717) is 11.7 Å². The lowest BCUT2D eigenvalue weighted by atomic mass is 9.73. The molecule has 0 aromatic heterocycles. The summed E-state index contributed by atoms with van der Waals surface area (Å²) < 4.78 is 12.0. The number of esters is 1. The number of nitrogens with zero attached hydrogens (tertiary/aromatic N) is 1. The Morgan fingerprint density at radius 2 is 1.75 bits per heavy atom. The summed E-state index contributed by atoms with van der Waals surface area (Å²) in [5.74, 6) is 0.848. The van der Waals surface area contributed by atoms with E-state index in [1.807, 2.05) is 20.8 Å². The molecular formula is C22H33NO5. The van der Waals surface area contributed by atoms with Crippen molar-refractivity contribution in [2.75, 3.05) is 0 Å². The lowest BCUT2D eigenvalue weighted by Crippen LogP contribution is -2.42. The van der Waals surface area contributed by atoms with Gasteiger partial charge in [-0.3, -0.25) is 14.9 Å². The van der Waals surface area contributed by atoms with Crippen LogP contribution in [0, 0.1) is 27.9 Å². The molecule has 156 valence electrons. The third-order valence-electron chi connectivity index (χ3n) is 5.31. The minimum atomic E-state index is -0.497. The van der Waals surface area contributed by atoms with E-state index >= 15 is 0 Å². The predicted molar refractivity (Wildman–Crippen MR) is 108 cm³/mol. The van der Waals surface area contributed by atoms with E-state index in [0.717, 1.165) is 25.7 Å². The Labute approximate surface area is 167 Å². The summed E-state index contributed by atoms with van der Waals surface area (Å²) in [6.07, 6.45) is 3.35. The van der Waals surface area contributed by atoms with E-state index in [1.165, 1.54) is 12.1 Å². The van der Waals surface area contributed by atoms with Crippen molar-refractivity contribution in [3.63, 3.8) is 0 Å². The van der Waals surface area contributed by atoms with E-state index in [-0.39, 0.29) is 23.5 Å². The predicted octanol–water partition coefficient (Wildman–Crippen LogP) is 5.54. The Kier molecular flexibility index (Phi) is 6.73. The number of non-ortho nitro benzene ring substituents is 1. The molecule has 6 heteroatoms. The summed E-state index contributed by atoms with van der Waals surface area (Å²) in [7, 11) is 0. The van der Waals surface area contributed by atoms with Crippen molar-refractivity contribution < 1.29 is 19.2 Å². The van der Waals surface area contributed by atoms with E-state index in [9.17, 15) is 14.9 Å². The Bertz CT molecular complexity index is 694. The van der Waals surface area contributed by atoms with Gasteiger partial charge in [0.1, 0.15) is 17.0 Å². The summed E-state index contributed by atoms with van der Waals surface area (Å²) in [5.41, 5.74) is -0.902. The van der Waals surface area contributed by atoms with Crippen molar-refractivity contribution in [1.29, 1.82) is 0 Å². The summed E-state index contributed by atoms with van der Waals surface area (Å²) in [6.45, 7) is 12.0. The van der Waals surface area contributed by atoms with Crippen LogP contribution in [0.4, 0.5) is 5.69 Å². The van der Waals surface area contributed by atoms with Crippen LogP contribution < -0.4 is 4.74 Å². The molecule has 1 saturated carbocycles. The third kappa shape index (κ3) is 6.21. The summed E-state index contributed by atoms with van der Waals surface area (Å²) in [4.78, 5) is 23.2. The lowest BCUT2D eigenvalue weighted by molar-refractivity contribution is -0.384. The van der Waals surface area contributed by atoms with Gasteiger partial charge >= 0.3 is 5.97 Å². The SMILES string of the molecule is CC1CCC(C(=O)OC(C)(C)C)C(C)CC(C)(Oc2ccc([N+](=O)[O-])cc2)C1. The Morgan fingerprint density at radius 3 is 2.29 bits per heavy atom. The number of hydrogen-bond acceptors (Lipinski definition) is 5. The molecule has 0 spiro atoms. The molecule has 1 aromatic rings. The standard InChI is InChI=1S/C22H33NO5/c1-15-7-12-19(20(24)28-21(3,4)5)16(2)14-22(6,13-15)27-18-10-8-17(9-11-18)23(25)26/h8-11,15-16,19H,7,12-14H2,1-6H3. The van der Waals surface area contributed by atoms with E-state index in [4.69, 9.17) is 9.47 Å². The molecule has 4 unspecified atom stereocenters. The average molecular weight is 392 g/mol. The minimum absolute atomic E-state index is 0.0434. The number of ether oxygens (including phenoxy) is 2. The molecule has 0 saturated heterocycles. The molecule has 0 amide bonds. The maximum absolute atomic E-state index is 12.7. The molecule has 1 fully saturated rings. The highest BCUT2D eigenvalue weighted by Gasteiger charge is 2.39. The summed E-state index contributed by atoms with van der Waals surface area (Å²) in [6, 6.07) is 6.20. The Balaban J connectivity index is 2.17. The first-order chi connectivity index (χ1) is 12.9. The largest absolute Gasteiger partial charge is 0.488 e. The normalized spacial score (nSPS) is 28.7. The molecule has 0 radical (unpaired) electrons. The van der Waals surface area contributed by atoms with Gasteiger partial charge < -0.3 is 9.47 Å². The Hall–Kier alpha value is -2.11. The van der Waals surface area contributed by atoms with E-state index < -0.39 is 16.1 Å². The maximum atomic E-state index is 12.7. The van der Waals surface area contributed by atoms with Crippen LogP contribution >= 0.6 is 0 Å². The van der Waals surface area contributed by atoms with Gasteiger partial charge in [-0.25, -0.2) is 0 Å². The molecule has 1 aliphatic carbocycles. The maximum Gasteiger partial charge on any atom is 0.309 e. The number of benzene rings is 1. The fourth-order valence-electron chi connectivity index (χ4n) is 4.23. The number of carbonyl (C=O) groups excluding carboxylic acids is 1. The highest BCUT2D eigenvalue weighted by Crippen LogP contribution is 2.39. The van der Waals surface area contributed by atoms with Gasteiger partial charge in [0, 0.05) is 12.1 Å². The number of hydrogen-bond donors (Lipinski definition) is 0. The zero-order chi connectivity index (χ0) is 21.1. The van der Waals surface area contributed by atoms with Gasteiger partial charge in [-0.1, -0.05) is 13.8 Å². The molecule has 0 aliphatic heterocycles. The average Bonchev–Trinajstić information content (AvgIpc) is 2.52. The topological polar surface area (TPSA) is 78.7 Å². The third-order valence-corrected chi connectivity index (χ3v) is 5.31. The van der Waals surface area contributed by atoms with Crippen LogP contribution in [0.2, 0.25) is 0 Å². The number of rotatable bonds is 4. The molecule has 1 aromatic carbocycles. The lowest BCUT2D eigenvalue weighted by Gasteiger charge is -2.40. The number of nitro groups is 1. The van der Waals surface area contributed by atoms with Gasteiger partial charge in [0.05, 0.1) is 10.8 Å². The molecule has 1 aliphatic rings. The first kappa shape index (κ1) is 22.2. The smallest absolute Gasteiger partial charge is 0.309 e. The highest BCUT2D eigenvalue weighted by atomic mass is 16.6. The van der Waals surface area contributed by atoms with E-state index in [2.05, 4.69) is 20.8 Å². The summed E-state index contributed by atoms with van der Waals surface area (Å²) in [5, 5.41) is 10.9. The molecule has 0 N–H and O–H groups in total. The van der Waals surface area contributed by atoms with Crippen molar-refractivity contribution in [3.05, 3.63) is 34.4 Å². The minimum Gasteiger partial charge on any atom is -0.488 e. The first-order valence-electron chi connectivity index (χ1n) is 10.0. The van der Waals surface area contributed by atoms with Gasteiger partial charge in [0.2, 0.25) is 0 Å². The van der Waals surface area contributed by atoms with Crippen molar-refractivity contribution in [2.45, 2.75) is 78.4 Å². The van der Waals surface area contributed by atoms with Crippen molar-refractivity contribution in [2.24, 2.45) is 17.8 Å². The van der Waals surface area contributed by atoms with Crippen LogP contribution in [0.1, 0.15) is 67.2 Å². The monoisotopic (exact) mass is 391 g/mol. The second-order valence-electron chi connectivity index (χ2n) is 9.51. The van der Waals surface area contributed by atoms with Crippen LogP contribution in [0.3, 0.4) is 0 Å². The second kappa shape index (κ2) is 8.50. The molecule has 2 rings (SSSR count). The first-order valence-corrected chi connectivity index (χ1v) is 10.0. The molecule has 28 heavy (non-hydrogen) atoms. The van der Waals surface area contributed by atoms with Crippen LogP contribution in [0.15, 0.2) is 24.3 Å². The van der Waals surface area contributed by atoms with E-state index in [1.54, 1.807) is 12.1 Å². The Morgan fingerprint density at radius 1 is 1.14 bits per heavy atom. The van der Waals surface area contributed by atoms with Crippen LogP contribution in [-0.4, -0.2) is 22.1 Å². The van der Waals surface area contributed by atoms with Gasteiger partial charge in [-0.2, -0.15) is 0 Å². The van der Waals surface area contributed by atoms with Gasteiger partial charge in [-0.15, -0.1) is 0 Å². The quantitative estimate of drug-likeness (QED) is 0.383. The molecule has 0 bridgehead atoms. The molecular weight excluding hydrogens is 358 g/mol. The molecule has 0 heterocycles. The van der Waals surface area contributed by atoms with Gasteiger partial charge in [0.15, 0.2) is 0 Å². The van der Waals surface area contributed by atoms with Crippen LogP contribution in [0.25, 0.3) is 0 Å². The zero-order valence-electron chi connectivity index (χ0n) is 17.9. The van der Waals surface area contributed by atoms with Crippen molar-refractivity contribution in [3.8, 4) is 5.75 Å². The van der Waals surface area contributed by atoms with Gasteiger partial charge in [-0.05, 0) is 77.3 Å². The zero-order valence-corrected chi connectivity index (χ0v) is 17.9.